The van der Waals surface area contributed by atoms with E-state index < -0.39 is 0 Å². The van der Waals surface area contributed by atoms with Gasteiger partial charge in [-0.15, -0.1) is 0 Å². The summed E-state index contributed by atoms with van der Waals surface area (Å²) >= 11 is 0. The summed E-state index contributed by atoms with van der Waals surface area (Å²) in [4.78, 5) is 11.1. The Morgan fingerprint density at radius 1 is 0.304 bits per heavy atom. The Hall–Kier alpha value is -8.74. The number of aryl methyl sites for hydroxylation is 2. The lowest BCUT2D eigenvalue weighted by Gasteiger charge is -2.13. The maximum Gasteiger partial charge on any atom is 0.147 e. The molecule has 0 saturated heterocycles. The normalized spacial score (nSPS) is 11.5. The average Bonchev–Trinajstić information content (AvgIpc) is 4.21. The molecule has 0 bridgehead atoms. The Labute approximate surface area is 402 Å². The molecule has 4 aromatic heterocycles. The maximum atomic E-state index is 5.56. The highest BCUT2D eigenvalue weighted by molar-refractivity contribution is 5.98. The zero-order valence-electron chi connectivity index (χ0n) is 38.3. The summed E-state index contributed by atoms with van der Waals surface area (Å²) in [5.74, 6) is 1.87. The van der Waals surface area contributed by atoms with Crippen LogP contribution in [0.25, 0.3) is 101 Å². The second-order valence-electron chi connectivity index (χ2n) is 17.6. The van der Waals surface area contributed by atoms with Crippen molar-refractivity contribution in [1.82, 2.24) is 28.2 Å². The summed E-state index contributed by atoms with van der Waals surface area (Å²) in [6, 6.07) is 81.5. The van der Waals surface area contributed by atoms with Crippen molar-refractivity contribution in [2.45, 2.75) is 32.4 Å². The van der Waals surface area contributed by atoms with Gasteiger partial charge in [0.2, 0.25) is 0 Å². The molecule has 0 aliphatic carbocycles. The van der Waals surface area contributed by atoms with Gasteiger partial charge in [0.15, 0.2) is 0 Å². The van der Waals surface area contributed by atoms with Gasteiger partial charge in [0.1, 0.15) is 11.6 Å². The van der Waals surface area contributed by atoms with E-state index in [0.717, 1.165) is 112 Å². The Bertz CT molecular complexity index is 3420. The molecule has 0 radical (unpaired) electrons. The number of hydrogen-bond donors (Lipinski definition) is 0. The number of imidazole rings is 2. The van der Waals surface area contributed by atoms with E-state index in [4.69, 9.17) is 9.97 Å². The van der Waals surface area contributed by atoms with Gasteiger partial charge in [0.25, 0.3) is 0 Å². The number of fused-ring (bicyclic) bond motifs is 2. The number of benzene rings is 8. The third kappa shape index (κ3) is 7.86. The minimum Gasteiger partial charge on any atom is -0.347 e. The quantitative estimate of drug-likeness (QED) is 0.102. The van der Waals surface area contributed by atoms with Crippen LogP contribution in [0.3, 0.4) is 0 Å². The number of rotatable bonds is 14. The molecular weight excluding hydrogens is 841 g/mol. The zero-order chi connectivity index (χ0) is 45.9. The molecule has 0 amide bonds. The van der Waals surface area contributed by atoms with Gasteiger partial charge in [0, 0.05) is 92.0 Å². The number of nitrogens with zero attached hydrogens (tertiary/aromatic N) is 6. The van der Waals surface area contributed by atoms with Gasteiger partial charge in [-0.1, -0.05) is 194 Å². The van der Waals surface area contributed by atoms with E-state index in [-0.39, 0.29) is 0 Å². The topological polar surface area (TPSA) is 45.5 Å². The average molecular weight is 891 g/mol. The van der Waals surface area contributed by atoms with Crippen LogP contribution in [0.15, 0.2) is 243 Å². The van der Waals surface area contributed by atoms with Gasteiger partial charge in [-0.2, -0.15) is 0 Å². The van der Waals surface area contributed by atoms with Crippen molar-refractivity contribution in [3.05, 3.63) is 243 Å². The van der Waals surface area contributed by atoms with Crippen LogP contribution in [0, 0.1) is 0 Å². The van der Waals surface area contributed by atoms with E-state index in [2.05, 4.69) is 261 Å². The Morgan fingerprint density at radius 3 is 1.00 bits per heavy atom. The molecule has 0 fully saturated rings. The van der Waals surface area contributed by atoms with Crippen LogP contribution in [-0.4, -0.2) is 28.2 Å². The lowest BCUT2D eigenvalue weighted by atomic mass is 10.0. The summed E-state index contributed by atoms with van der Waals surface area (Å²) in [7, 11) is 0. The highest BCUT2D eigenvalue weighted by atomic mass is 15.1. The van der Waals surface area contributed by atoms with E-state index in [1.54, 1.807) is 0 Å². The van der Waals surface area contributed by atoms with Gasteiger partial charge in [-0.05, 0) is 55.7 Å². The van der Waals surface area contributed by atoms with Crippen LogP contribution < -0.4 is 0 Å². The van der Waals surface area contributed by atoms with Crippen molar-refractivity contribution >= 4 is 21.8 Å². The SMILES string of the molecule is c1ccc(-c2nc(-c3cn(CCCCCn4cc(-c5nc(-c6ccccc6)c(-c6ccccc6)n5-c5ccccc5)c5ccccc54)c4ccccc34)n(-c3ccccc3)c2-c2ccccc2)cc1. The third-order valence-corrected chi connectivity index (χ3v) is 13.3. The van der Waals surface area contributed by atoms with E-state index in [1.165, 1.54) is 21.8 Å². The van der Waals surface area contributed by atoms with Crippen LogP contribution in [0.1, 0.15) is 19.3 Å². The summed E-state index contributed by atoms with van der Waals surface area (Å²) in [6.45, 7) is 1.81. The van der Waals surface area contributed by atoms with Gasteiger partial charge < -0.3 is 9.13 Å². The predicted octanol–water partition coefficient (Wildman–Crippen LogP) is 15.8. The zero-order valence-corrected chi connectivity index (χ0v) is 38.3. The molecule has 6 nitrogen and oxygen atoms in total. The fraction of sp³-hybridized carbons (Fsp3) is 0.0794. The highest BCUT2D eigenvalue weighted by Gasteiger charge is 2.26. The summed E-state index contributed by atoms with van der Waals surface area (Å²) in [5, 5.41) is 2.40. The first kappa shape index (κ1) is 41.7. The van der Waals surface area contributed by atoms with Gasteiger partial charge in [0.05, 0.1) is 22.8 Å². The lowest BCUT2D eigenvalue weighted by Crippen LogP contribution is -2.01. The van der Waals surface area contributed by atoms with Crippen LogP contribution >= 0.6 is 0 Å². The molecule has 4 heterocycles. The van der Waals surface area contributed by atoms with Crippen molar-refractivity contribution in [3.8, 4) is 79.2 Å². The molecular formula is C63H50N6. The number of para-hydroxylation sites is 4. The van der Waals surface area contributed by atoms with Crippen molar-refractivity contribution in [2.75, 3.05) is 0 Å². The van der Waals surface area contributed by atoms with Gasteiger partial charge >= 0.3 is 0 Å². The molecule has 0 unspecified atom stereocenters. The minimum atomic E-state index is 0.903. The molecule has 69 heavy (non-hydrogen) atoms. The number of hydrogen-bond acceptors (Lipinski definition) is 2. The van der Waals surface area contributed by atoms with Crippen LogP contribution in [-0.2, 0) is 13.1 Å². The Morgan fingerprint density at radius 2 is 0.623 bits per heavy atom. The fourth-order valence-corrected chi connectivity index (χ4v) is 10.1. The van der Waals surface area contributed by atoms with E-state index in [1.807, 2.05) is 0 Å². The molecule has 0 atom stereocenters. The predicted molar refractivity (Wildman–Crippen MR) is 285 cm³/mol. The van der Waals surface area contributed by atoms with Crippen molar-refractivity contribution in [1.29, 1.82) is 0 Å². The molecule has 12 aromatic rings. The van der Waals surface area contributed by atoms with Crippen molar-refractivity contribution in [2.24, 2.45) is 0 Å². The molecule has 0 spiro atoms. The molecule has 0 saturated carbocycles. The molecule has 12 rings (SSSR count). The van der Waals surface area contributed by atoms with Gasteiger partial charge in [-0.3, -0.25) is 9.13 Å². The van der Waals surface area contributed by atoms with E-state index in [0.29, 0.717) is 0 Å². The second-order valence-corrected chi connectivity index (χ2v) is 17.6. The fourth-order valence-electron chi connectivity index (χ4n) is 10.1. The molecule has 332 valence electrons. The highest BCUT2D eigenvalue weighted by Crippen LogP contribution is 2.43. The number of aromatic nitrogens is 6. The lowest BCUT2D eigenvalue weighted by molar-refractivity contribution is 0.559. The monoisotopic (exact) mass is 890 g/mol. The first-order valence-electron chi connectivity index (χ1n) is 24.0. The standard InChI is InChI=1S/C63H50N6/c1-8-26-46(27-9-1)58-60(48-30-12-3-13-31-48)68(50-34-16-5-17-35-50)62(64-58)54-44-66(56-40-22-20-38-52(54)56)42-24-7-25-43-67-45-55(53-39-21-23-41-57(53)67)63-65-59(47-28-10-2-11-29-47)61(49-32-14-4-15-33-49)69(63)51-36-18-6-19-37-51/h1-6,8-23,26-41,44-45H,7,24-25,42-43H2. The molecule has 0 N–H and O–H groups in total. The van der Waals surface area contributed by atoms with Crippen LogP contribution in [0.2, 0.25) is 0 Å². The maximum absolute atomic E-state index is 5.56. The third-order valence-electron chi connectivity index (χ3n) is 13.3. The molecule has 0 aliphatic rings. The van der Waals surface area contributed by atoms with Crippen LogP contribution in [0.4, 0.5) is 0 Å². The Balaban J connectivity index is 0.869. The van der Waals surface area contributed by atoms with Gasteiger partial charge in [-0.25, -0.2) is 9.97 Å². The first-order chi connectivity index (χ1) is 34.3. The summed E-state index contributed by atoms with van der Waals surface area (Å²) in [5.41, 5.74) is 15.4. The summed E-state index contributed by atoms with van der Waals surface area (Å²) < 4.78 is 9.61. The summed E-state index contributed by atoms with van der Waals surface area (Å²) in [6.07, 6.45) is 7.84. The van der Waals surface area contributed by atoms with E-state index in [9.17, 15) is 0 Å². The van der Waals surface area contributed by atoms with Crippen molar-refractivity contribution < 1.29 is 0 Å². The first-order valence-corrected chi connectivity index (χ1v) is 24.0. The van der Waals surface area contributed by atoms with Crippen molar-refractivity contribution in [3.63, 3.8) is 0 Å². The second kappa shape index (κ2) is 18.5. The minimum absolute atomic E-state index is 0.903. The Kier molecular flexibility index (Phi) is 11.2. The molecule has 8 aromatic carbocycles. The molecule has 0 aliphatic heterocycles. The molecule has 6 heteroatoms. The van der Waals surface area contributed by atoms with Crippen LogP contribution in [0.5, 0.6) is 0 Å². The smallest absolute Gasteiger partial charge is 0.147 e. The van der Waals surface area contributed by atoms with E-state index >= 15 is 0 Å². The largest absolute Gasteiger partial charge is 0.347 e. The number of unbranched alkanes of at least 4 members (excludes halogenated alkanes) is 2.